The standard InChI is InChI=1S/C23H17ClFN7/c24-18-6-2-1-5-17(18)20-19-21(26)32(16-9-7-15(25)8-10-16)31-22(19)30-23(29-20)28-13-14-4-3-11-27-12-14/h1-12H,13,26H2,(H,28,30,31). The molecule has 0 atom stereocenters. The molecule has 0 unspecified atom stereocenters. The van der Waals surface area contributed by atoms with Gasteiger partial charge in [0.05, 0.1) is 16.8 Å². The molecule has 9 heteroatoms. The second kappa shape index (κ2) is 8.24. The van der Waals surface area contributed by atoms with Gasteiger partial charge >= 0.3 is 0 Å². The Kier molecular flexibility index (Phi) is 5.12. The number of hydrogen-bond acceptors (Lipinski definition) is 6. The van der Waals surface area contributed by atoms with Gasteiger partial charge in [0.2, 0.25) is 5.95 Å². The van der Waals surface area contributed by atoms with Crippen LogP contribution in [-0.4, -0.2) is 24.7 Å². The minimum atomic E-state index is -0.345. The van der Waals surface area contributed by atoms with Crippen molar-refractivity contribution in [1.82, 2.24) is 24.7 Å². The van der Waals surface area contributed by atoms with Crippen LogP contribution < -0.4 is 11.1 Å². The average Bonchev–Trinajstić information content (AvgIpc) is 3.15. The molecule has 5 aromatic rings. The van der Waals surface area contributed by atoms with Gasteiger partial charge in [0.15, 0.2) is 5.65 Å². The summed E-state index contributed by atoms with van der Waals surface area (Å²) in [5, 5.41) is 8.87. The Labute approximate surface area is 187 Å². The number of rotatable bonds is 5. The number of nitrogens with zero attached hydrogens (tertiary/aromatic N) is 5. The van der Waals surface area contributed by atoms with Crippen LogP contribution in [0.3, 0.4) is 0 Å². The molecule has 0 amide bonds. The molecule has 3 heterocycles. The molecule has 0 aliphatic heterocycles. The fourth-order valence-corrected chi connectivity index (χ4v) is 3.63. The Morgan fingerprint density at radius 3 is 2.56 bits per heavy atom. The highest BCUT2D eigenvalue weighted by atomic mass is 35.5. The highest BCUT2D eigenvalue weighted by Gasteiger charge is 2.20. The summed E-state index contributed by atoms with van der Waals surface area (Å²) in [6.07, 6.45) is 3.48. The number of hydrogen-bond donors (Lipinski definition) is 2. The number of nitrogens with one attached hydrogen (secondary N) is 1. The third kappa shape index (κ3) is 3.72. The normalized spacial score (nSPS) is 11.1. The first-order valence-corrected chi connectivity index (χ1v) is 10.2. The zero-order chi connectivity index (χ0) is 22.1. The predicted octanol–water partition coefficient (Wildman–Crippen LogP) is 4.86. The summed E-state index contributed by atoms with van der Waals surface area (Å²) in [6, 6.07) is 17.1. The van der Waals surface area contributed by atoms with Gasteiger partial charge in [0.25, 0.3) is 0 Å². The molecule has 3 aromatic heterocycles. The lowest BCUT2D eigenvalue weighted by molar-refractivity contribution is 0.627. The molecule has 0 aliphatic rings. The van der Waals surface area contributed by atoms with Crippen molar-refractivity contribution < 1.29 is 4.39 Å². The van der Waals surface area contributed by atoms with E-state index in [1.807, 2.05) is 30.3 Å². The number of aromatic nitrogens is 5. The average molecular weight is 446 g/mol. The lowest BCUT2D eigenvalue weighted by Crippen LogP contribution is -2.05. The van der Waals surface area contributed by atoms with Gasteiger partial charge in [-0.15, -0.1) is 5.10 Å². The van der Waals surface area contributed by atoms with Crippen LogP contribution in [-0.2, 0) is 6.54 Å². The number of pyridine rings is 1. The smallest absolute Gasteiger partial charge is 0.225 e. The zero-order valence-electron chi connectivity index (χ0n) is 16.7. The maximum Gasteiger partial charge on any atom is 0.225 e. The van der Waals surface area contributed by atoms with Crippen LogP contribution >= 0.6 is 11.6 Å². The maximum absolute atomic E-state index is 13.4. The Hall–Kier alpha value is -4.04. The van der Waals surface area contributed by atoms with Gasteiger partial charge in [0.1, 0.15) is 11.6 Å². The molecule has 0 radical (unpaired) electrons. The summed E-state index contributed by atoms with van der Waals surface area (Å²) in [5.41, 5.74) is 9.71. The highest BCUT2D eigenvalue weighted by Crippen LogP contribution is 2.36. The largest absolute Gasteiger partial charge is 0.383 e. The first kappa shape index (κ1) is 19.9. The summed E-state index contributed by atoms with van der Waals surface area (Å²) in [5.74, 6) is 0.364. The summed E-state index contributed by atoms with van der Waals surface area (Å²) in [6.45, 7) is 0.482. The highest BCUT2D eigenvalue weighted by molar-refractivity contribution is 6.33. The minimum Gasteiger partial charge on any atom is -0.383 e. The van der Waals surface area contributed by atoms with Gasteiger partial charge in [0, 0.05) is 29.5 Å². The number of benzene rings is 2. The summed E-state index contributed by atoms with van der Waals surface area (Å²) >= 11 is 6.48. The number of halogens is 2. The lowest BCUT2D eigenvalue weighted by Gasteiger charge is -2.09. The van der Waals surface area contributed by atoms with E-state index in [1.165, 1.54) is 16.8 Å². The molecule has 3 N–H and O–H groups in total. The molecule has 0 fully saturated rings. The Morgan fingerprint density at radius 2 is 1.81 bits per heavy atom. The van der Waals surface area contributed by atoms with Crippen LogP contribution in [0.4, 0.5) is 16.2 Å². The third-order valence-corrected chi connectivity index (χ3v) is 5.27. The maximum atomic E-state index is 13.4. The molecule has 7 nitrogen and oxygen atoms in total. The van der Waals surface area contributed by atoms with Gasteiger partial charge < -0.3 is 11.1 Å². The van der Waals surface area contributed by atoms with E-state index in [-0.39, 0.29) is 5.82 Å². The molecule has 0 bridgehead atoms. The van der Waals surface area contributed by atoms with Crippen LogP contribution in [0.5, 0.6) is 0 Å². The molecule has 0 saturated carbocycles. The van der Waals surface area contributed by atoms with Crippen molar-refractivity contribution in [2.75, 3.05) is 11.1 Å². The molecular formula is C23H17ClFN7. The molecule has 0 saturated heterocycles. The Balaban J connectivity index is 1.66. The molecule has 0 aliphatic carbocycles. The van der Waals surface area contributed by atoms with Crippen LogP contribution in [0.2, 0.25) is 5.02 Å². The zero-order valence-corrected chi connectivity index (χ0v) is 17.5. The van der Waals surface area contributed by atoms with Crippen LogP contribution in [0.1, 0.15) is 5.56 Å². The van der Waals surface area contributed by atoms with Crippen molar-refractivity contribution in [3.8, 4) is 16.9 Å². The van der Waals surface area contributed by atoms with E-state index in [0.717, 1.165) is 5.56 Å². The van der Waals surface area contributed by atoms with E-state index >= 15 is 0 Å². The molecule has 5 rings (SSSR count). The van der Waals surface area contributed by atoms with Crippen molar-refractivity contribution in [1.29, 1.82) is 0 Å². The second-order valence-electron chi connectivity index (χ2n) is 7.06. The minimum absolute atomic E-state index is 0.334. The summed E-state index contributed by atoms with van der Waals surface area (Å²) in [4.78, 5) is 13.4. The van der Waals surface area contributed by atoms with Crippen molar-refractivity contribution >= 4 is 34.4 Å². The molecule has 2 aromatic carbocycles. The van der Waals surface area contributed by atoms with Crippen molar-refractivity contribution in [3.63, 3.8) is 0 Å². The fourth-order valence-electron chi connectivity index (χ4n) is 3.40. The molecule has 32 heavy (non-hydrogen) atoms. The van der Waals surface area contributed by atoms with Crippen LogP contribution in [0.15, 0.2) is 73.1 Å². The first-order valence-electron chi connectivity index (χ1n) is 9.80. The number of nitrogen functional groups attached to an aromatic ring is 1. The van der Waals surface area contributed by atoms with E-state index in [4.69, 9.17) is 22.3 Å². The summed E-state index contributed by atoms with van der Waals surface area (Å²) in [7, 11) is 0. The predicted molar refractivity (Wildman–Crippen MR) is 123 cm³/mol. The molecule has 0 spiro atoms. The number of fused-ring (bicyclic) bond motifs is 1. The molecule has 158 valence electrons. The number of nitrogens with two attached hydrogens (primary N) is 1. The van der Waals surface area contributed by atoms with E-state index < -0.39 is 0 Å². The second-order valence-corrected chi connectivity index (χ2v) is 7.47. The number of anilines is 2. The van der Waals surface area contributed by atoms with E-state index in [0.29, 0.717) is 51.3 Å². The quantitative estimate of drug-likeness (QED) is 0.401. The van der Waals surface area contributed by atoms with Crippen molar-refractivity contribution in [3.05, 3.63) is 89.5 Å². The summed E-state index contributed by atoms with van der Waals surface area (Å²) < 4.78 is 14.9. The van der Waals surface area contributed by atoms with Gasteiger partial charge in [-0.2, -0.15) is 4.98 Å². The van der Waals surface area contributed by atoms with Gasteiger partial charge in [-0.05, 0) is 42.0 Å². The van der Waals surface area contributed by atoms with Crippen LogP contribution in [0, 0.1) is 5.82 Å². The molecular weight excluding hydrogens is 429 g/mol. The fraction of sp³-hybridized carbons (Fsp3) is 0.0435. The van der Waals surface area contributed by atoms with Gasteiger partial charge in [-0.25, -0.2) is 14.1 Å². The monoisotopic (exact) mass is 445 g/mol. The van der Waals surface area contributed by atoms with Gasteiger partial charge in [-0.3, -0.25) is 4.98 Å². The van der Waals surface area contributed by atoms with Crippen LogP contribution in [0.25, 0.3) is 28.0 Å². The first-order chi connectivity index (χ1) is 15.6. The van der Waals surface area contributed by atoms with E-state index in [2.05, 4.69) is 20.4 Å². The Bertz CT molecular complexity index is 1400. The Morgan fingerprint density at radius 1 is 1.00 bits per heavy atom. The SMILES string of the molecule is Nc1c2c(-c3ccccc3Cl)nc(NCc3cccnc3)nc2nn1-c1ccc(F)cc1. The van der Waals surface area contributed by atoms with E-state index in [9.17, 15) is 4.39 Å². The third-order valence-electron chi connectivity index (χ3n) is 4.94. The van der Waals surface area contributed by atoms with Crippen molar-refractivity contribution in [2.45, 2.75) is 6.54 Å². The topological polar surface area (TPSA) is 94.5 Å². The lowest BCUT2D eigenvalue weighted by atomic mass is 10.1. The van der Waals surface area contributed by atoms with E-state index in [1.54, 1.807) is 30.6 Å². The van der Waals surface area contributed by atoms with Crippen molar-refractivity contribution in [2.24, 2.45) is 0 Å². The van der Waals surface area contributed by atoms with Gasteiger partial charge in [-0.1, -0.05) is 35.9 Å².